The molecule has 0 bridgehead atoms. The third kappa shape index (κ3) is 14.5. The quantitative estimate of drug-likeness (QED) is 0.0813. The number of amides is 2. The summed E-state index contributed by atoms with van der Waals surface area (Å²) < 4.78 is 0. The molecule has 2 N–H and O–H groups in total. The minimum absolute atomic E-state index is 0.0498. The van der Waals surface area contributed by atoms with Crippen LogP contribution in [0.3, 0.4) is 0 Å². The van der Waals surface area contributed by atoms with Gasteiger partial charge in [0.25, 0.3) is 11.8 Å². The van der Waals surface area contributed by atoms with E-state index in [9.17, 15) is 9.59 Å². The van der Waals surface area contributed by atoms with Gasteiger partial charge in [-0.1, -0.05) is 95.5 Å². The Bertz CT molecular complexity index is 2280. The Balaban J connectivity index is 1.35. The van der Waals surface area contributed by atoms with Crippen molar-refractivity contribution in [3.63, 3.8) is 0 Å². The van der Waals surface area contributed by atoms with Gasteiger partial charge in [-0.2, -0.15) is 0 Å². The number of nitrogens with one attached hydrogen (secondary N) is 2. The second kappa shape index (κ2) is 26.5. The molecule has 2 aliphatic heterocycles. The molecule has 0 aliphatic carbocycles. The highest BCUT2D eigenvalue weighted by Crippen LogP contribution is 2.31. The summed E-state index contributed by atoms with van der Waals surface area (Å²) >= 11 is 0. The number of aryl methyl sites for hydroxylation is 2. The van der Waals surface area contributed by atoms with Crippen LogP contribution >= 0.6 is 0 Å². The van der Waals surface area contributed by atoms with E-state index in [1.807, 2.05) is 29.7 Å². The van der Waals surface area contributed by atoms with Crippen molar-refractivity contribution in [1.29, 1.82) is 0 Å². The van der Waals surface area contributed by atoms with E-state index in [0.717, 1.165) is 86.5 Å². The average Bonchev–Trinajstić information content (AvgIpc) is 3.56. The van der Waals surface area contributed by atoms with Crippen LogP contribution in [0.2, 0.25) is 0 Å². The zero-order chi connectivity index (χ0) is 49.2. The SMILES string of the molecule is C=C(/N=C\C1=C(C(C)CC)N(C)CCN(c2cccc(CCCN(C)N3CCN(c4cccc(CCCN(C)Cc5ccccc5)c4)C(=O)C(/C=N\C(=C)NCC)=C3C(C)CC)c2)C1=O)NCC. The molecule has 2 aliphatic rings. The lowest BCUT2D eigenvalue weighted by Gasteiger charge is -2.37. The Morgan fingerprint density at radius 2 is 1.15 bits per heavy atom. The lowest BCUT2D eigenvalue weighted by molar-refractivity contribution is -0.115. The van der Waals surface area contributed by atoms with Crippen LogP contribution in [0, 0.1) is 11.8 Å². The van der Waals surface area contributed by atoms with Gasteiger partial charge in [-0.25, -0.2) is 15.0 Å². The number of hydrazine groups is 1. The number of hydrogen-bond donors (Lipinski definition) is 2. The predicted octanol–water partition coefficient (Wildman–Crippen LogP) is 9.06. The maximum atomic E-state index is 14.9. The van der Waals surface area contributed by atoms with Crippen LogP contribution < -0.4 is 20.4 Å². The van der Waals surface area contributed by atoms with E-state index >= 15 is 0 Å². The van der Waals surface area contributed by atoms with Crippen molar-refractivity contribution >= 4 is 35.6 Å². The highest BCUT2D eigenvalue weighted by atomic mass is 16.2. The predicted molar refractivity (Wildman–Crippen MR) is 285 cm³/mol. The first-order chi connectivity index (χ1) is 32.8. The summed E-state index contributed by atoms with van der Waals surface area (Å²) in [6.45, 7) is 27.3. The Hall–Kier alpha value is -5.98. The number of nitrogens with zero attached hydrogens (tertiary/aromatic N) is 8. The molecule has 2 atom stereocenters. The van der Waals surface area contributed by atoms with Gasteiger partial charge in [0, 0.05) is 95.1 Å². The molecule has 0 saturated carbocycles. The third-order valence-corrected chi connectivity index (χ3v) is 13.1. The Labute approximate surface area is 408 Å². The molecule has 0 fully saturated rings. The molecule has 3 aromatic rings. The van der Waals surface area contributed by atoms with E-state index in [0.29, 0.717) is 62.1 Å². The molecule has 68 heavy (non-hydrogen) atoms. The van der Waals surface area contributed by atoms with Crippen molar-refractivity contribution in [2.45, 2.75) is 86.6 Å². The molecule has 12 nitrogen and oxygen atoms in total. The first-order valence-electron chi connectivity index (χ1n) is 25.0. The van der Waals surface area contributed by atoms with Gasteiger partial charge in [0.15, 0.2) is 0 Å². The molecule has 2 heterocycles. The summed E-state index contributed by atoms with van der Waals surface area (Å²) in [6.07, 6.45) is 8.81. The van der Waals surface area contributed by atoms with Crippen molar-refractivity contribution in [3.05, 3.63) is 143 Å². The van der Waals surface area contributed by atoms with E-state index in [1.54, 1.807) is 12.4 Å². The Morgan fingerprint density at radius 3 is 1.68 bits per heavy atom. The van der Waals surface area contributed by atoms with Gasteiger partial charge in [0.1, 0.15) is 11.6 Å². The summed E-state index contributed by atoms with van der Waals surface area (Å²) in [4.78, 5) is 47.1. The lowest BCUT2D eigenvalue weighted by Crippen LogP contribution is -2.44. The number of likely N-dealkylation sites (N-methyl/N-ethyl adjacent to an activating group) is 1. The second-order valence-electron chi connectivity index (χ2n) is 18.3. The zero-order valence-electron chi connectivity index (χ0n) is 42.7. The first-order valence-corrected chi connectivity index (χ1v) is 25.0. The van der Waals surface area contributed by atoms with Gasteiger partial charge in [-0.15, -0.1) is 0 Å². The second-order valence-corrected chi connectivity index (χ2v) is 18.3. The molecule has 0 aromatic heterocycles. The highest BCUT2D eigenvalue weighted by Gasteiger charge is 2.34. The molecule has 0 radical (unpaired) electrons. The monoisotopic (exact) mass is 925 g/mol. The molecule has 12 heteroatoms. The molecule has 0 saturated heterocycles. The fourth-order valence-corrected chi connectivity index (χ4v) is 9.09. The van der Waals surface area contributed by atoms with E-state index in [-0.39, 0.29) is 23.7 Å². The summed E-state index contributed by atoms with van der Waals surface area (Å²) in [6, 6.07) is 27.5. The van der Waals surface area contributed by atoms with E-state index in [2.05, 4.69) is 170 Å². The number of anilines is 2. The summed E-state index contributed by atoms with van der Waals surface area (Å²) in [5, 5.41) is 10.9. The minimum Gasteiger partial charge on any atom is -0.375 e. The fourth-order valence-electron chi connectivity index (χ4n) is 9.09. The van der Waals surface area contributed by atoms with E-state index in [1.165, 1.54) is 11.1 Å². The van der Waals surface area contributed by atoms with Crippen molar-refractivity contribution < 1.29 is 9.59 Å². The van der Waals surface area contributed by atoms with E-state index < -0.39 is 0 Å². The van der Waals surface area contributed by atoms with E-state index in [4.69, 9.17) is 4.99 Å². The summed E-state index contributed by atoms with van der Waals surface area (Å²) in [7, 11) is 6.37. The van der Waals surface area contributed by atoms with Crippen molar-refractivity contribution in [3.8, 4) is 0 Å². The number of aliphatic imine (C=N–C) groups is 2. The van der Waals surface area contributed by atoms with Gasteiger partial charge < -0.3 is 35.2 Å². The van der Waals surface area contributed by atoms with Crippen LogP contribution in [0.4, 0.5) is 11.4 Å². The van der Waals surface area contributed by atoms with Crippen molar-refractivity contribution in [2.24, 2.45) is 21.8 Å². The minimum atomic E-state index is -0.0573. The average molecular weight is 925 g/mol. The summed E-state index contributed by atoms with van der Waals surface area (Å²) in [5.41, 5.74) is 8.63. The highest BCUT2D eigenvalue weighted by molar-refractivity contribution is 6.20. The zero-order valence-corrected chi connectivity index (χ0v) is 42.7. The van der Waals surface area contributed by atoms with Gasteiger partial charge >= 0.3 is 0 Å². The summed E-state index contributed by atoms with van der Waals surface area (Å²) in [5.74, 6) is 1.22. The standard InChI is InChI=1S/C56H80N10O2/c1-12-42(5)53-51(39-59-44(7)57-14-3)55(67)64(34-33-62(53)10)49-29-20-26-47(38-49)28-22-32-63(11)66-36-35-65(56(68)52(54(66)43(6)13-2)40-60-45(8)58-15-4)50-30-19-25-46(37-50)27-21-31-61(9)41-48-23-17-16-18-24-48/h16-20,23-26,29-30,37-40,42-43,57-58H,7-8,12-15,21-22,27-28,31-36,41H2,1-6,9-11H3/b59-39-,60-40-. The fraction of sp³-hybridized carbons (Fsp3) is 0.464. The number of rotatable bonds is 25. The van der Waals surface area contributed by atoms with Gasteiger partial charge in [-0.05, 0) is 119 Å². The molecular formula is C56H80N10O2. The van der Waals surface area contributed by atoms with Crippen LogP contribution in [-0.4, -0.2) is 118 Å². The Kier molecular flexibility index (Phi) is 20.7. The molecule has 5 rings (SSSR count). The first kappa shape index (κ1) is 53.0. The number of hydrogen-bond acceptors (Lipinski definition) is 10. The van der Waals surface area contributed by atoms with Crippen LogP contribution in [0.5, 0.6) is 0 Å². The molecule has 3 aromatic carbocycles. The molecule has 2 amide bonds. The third-order valence-electron chi connectivity index (χ3n) is 13.1. The molecule has 366 valence electrons. The number of carbonyl (C=O) groups excluding carboxylic acids is 2. The molecule has 2 unspecified atom stereocenters. The van der Waals surface area contributed by atoms with Crippen molar-refractivity contribution in [2.75, 3.05) is 83.3 Å². The van der Waals surface area contributed by atoms with Crippen LogP contribution in [-0.2, 0) is 29.0 Å². The molecular weight excluding hydrogens is 845 g/mol. The maximum absolute atomic E-state index is 14.9. The number of benzene rings is 3. The van der Waals surface area contributed by atoms with Gasteiger partial charge in [0.05, 0.1) is 17.7 Å². The Morgan fingerprint density at radius 1 is 0.662 bits per heavy atom. The maximum Gasteiger partial charge on any atom is 0.261 e. The van der Waals surface area contributed by atoms with Crippen molar-refractivity contribution in [1.82, 2.24) is 30.5 Å². The van der Waals surface area contributed by atoms with Crippen LogP contribution in [0.1, 0.15) is 83.9 Å². The van der Waals surface area contributed by atoms with Gasteiger partial charge in [-0.3, -0.25) is 9.59 Å². The largest absolute Gasteiger partial charge is 0.375 e. The smallest absolute Gasteiger partial charge is 0.261 e. The molecule has 0 spiro atoms. The number of allylic oxidation sites excluding steroid dienone is 2. The topological polar surface area (TPSA) is 102 Å². The van der Waals surface area contributed by atoms with Gasteiger partial charge in [0.2, 0.25) is 0 Å². The van der Waals surface area contributed by atoms with Crippen LogP contribution in [0.15, 0.2) is 136 Å². The normalized spacial score (nSPS) is 16.1. The lowest BCUT2D eigenvalue weighted by atomic mass is 9.98. The number of carbonyl (C=O) groups is 2. The van der Waals surface area contributed by atoms with Crippen LogP contribution in [0.25, 0.3) is 0 Å².